The van der Waals surface area contributed by atoms with E-state index in [-0.39, 0.29) is 17.4 Å². The summed E-state index contributed by atoms with van der Waals surface area (Å²) < 4.78 is 14.1. The lowest BCUT2D eigenvalue weighted by atomic mass is 10.2. The maximum atomic E-state index is 13.6. The van der Waals surface area contributed by atoms with Gasteiger partial charge >= 0.3 is 0 Å². The Labute approximate surface area is 110 Å². The molecule has 0 saturated heterocycles. The van der Waals surface area contributed by atoms with Gasteiger partial charge in [-0.2, -0.15) is 0 Å². The van der Waals surface area contributed by atoms with E-state index in [1.807, 2.05) is 0 Å². The fourth-order valence-corrected chi connectivity index (χ4v) is 2.07. The summed E-state index contributed by atoms with van der Waals surface area (Å²) in [6.07, 6.45) is 1.39. The first-order valence-corrected chi connectivity index (χ1v) is 5.93. The molecule has 2 heterocycles. The highest BCUT2D eigenvalue weighted by atomic mass is 79.9. The molecule has 0 atom stereocenters. The van der Waals surface area contributed by atoms with Gasteiger partial charge in [0.1, 0.15) is 16.1 Å². The molecular weight excluding hydrogens is 301 g/mol. The molecule has 0 radical (unpaired) electrons. The average molecular weight is 308 g/mol. The second-order valence-electron chi connectivity index (χ2n) is 3.75. The summed E-state index contributed by atoms with van der Waals surface area (Å²) in [5.74, 6) is -0.525. The summed E-state index contributed by atoms with van der Waals surface area (Å²) >= 11 is 3.18. The van der Waals surface area contributed by atoms with Crippen molar-refractivity contribution < 1.29 is 9.50 Å². The molecule has 18 heavy (non-hydrogen) atoms. The molecule has 0 saturated carbocycles. The van der Waals surface area contributed by atoms with Crippen LogP contribution in [0.4, 0.5) is 4.39 Å². The molecule has 0 spiro atoms. The third-order valence-corrected chi connectivity index (χ3v) is 2.97. The molecule has 3 aromatic rings. The monoisotopic (exact) mass is 307 g/mol. The maximum absolute atomic E-state index is 13.6. The van der Waals surface area contributed by atoms with Crippen molar-refractivity contribution in [2.75, 3.05) is 0 Å². The van der Waals surface area contributed by atoms with E-state index in [2.05, 4.69) is 30.9 Å². The Hall–Kier alpha value is -1.95. The van der Waals surface area contributed by atoms with E-state index in [0.29, 0.717) is 21.2 Å². The van der Waals surface area contributed by atoms with Gasteiger partial charge in [-0.3, -0.25) is 0 Å². The van der Waals surface area contributed by atoms with Crippen LogP contribution in [0.3, 0.4) is 0 Å². The second-order valence-corrected chi connectivity index (χ2v) is 4.56. The van der Waals surface area contributed by atoms with Crippen LogP contribution in [0, 0.1) is 5.82 Å². The summed E-state index contributed by atoms with van der Waals surface area (Å²) in [5, 5.41) is 10.1. The lowest BCUT2D eigenvalue weighted by Gasteiger charge is -1.99. The fraction of sp³-hybridized carbons (Fsp3) is 0. The van der Waals surface area contributed by atoms with Gasteiger partial charge < -0.3 is 10.1 Å². The first-order chi connectivity index (χ1) is 8.65. The zero-order valence-electron chi connectivity index (χ0n) is 8.98. The molecule has 0 amide bonds. The van der Waals surface area contributed by atoms with Crippen LogP contribution < -0.4 is 0 Å². The number of hydrogen-bond acceptors (Lipinski definition) is 3. The molecule has 4 nitrogen and oxygen atoms in total. The zero-order valence-corrected chi connectivity index (χ0v) is 10.6. The van der Waals surface area contributed by atoms with E-state index in [1.165, 1.54) is 12.3 Å². The third kappa shape index (κ3) is 1.74. The first-order valence-electron chi connectivity index (χ1n) is 5.14. The van der Waals surface area contributed by atoms with Crippen molar-refractivity contribution in [3.8, 4) is 17.3 Å². The quantitative estimate of drug-likeness (QED) is 0.725. The molecule has 0 aliphatic carbocycles. The van der Waals surface area contributed by atoms with Crippen molar-refractivity contribution in [3.05, 3.63) is 40.9 Å². The van der Waals surface area contributed by atoms with Gasteiger partial charge in [0.15, 0.2) is 0 Å². The molecule has 1 aromatic carbocycles. The first kappa shape index (κ1) is 11.2. The summed E-state index contributed by atoms with van der Waals surface area (Å²) in [6, 6.07) is 6.35. The number of aromatic hydroxyl groups is 1. The number of nitrogens with one attached hydrogen (secondary N) is 1. The molecule has 0 fully saturated rings. The van der Waals surface area contributed by atoms with E-state index in [0.717, 1.165) is 0 Å². The molecule has 0 unspecified atom stereocenters. The van der Waals surface area contributed by atoms with Crippen LogP contribution in [0.15, 0.2) is 35.1 Å². The Morgan fingerprint density at radius 3 is 2.94 bits per heavy atom. The van der Waals surface area contributed by atoms with Crippen LogP contribution in [-0.4, -0.2) is 20.1 Å². The molecule has 6 heteroatoms. The number of nitrogens with zero attached hydrogens (tertiary/aromatic N) is 2. The Balaban J connectivity index is 2.26. The van der Waals surface area contributed by atoms with Gasteiger partial charge in [0.25, 0.3) is 0 Å². The van der Waals surface area contributed by atoms with Gasteiger partial charge in [0.2, 0.25) is 5.88 Å². The minimum absolute atomic E-state index is 0.204. The molecule has 2 N–H and O–H groups in total. The molecule has 0 aliphatic heterocycles. The highest BCUT2D eigenvalue weighted by Gasteiger charge is 2.12. The van der Waals surface area contributed by atoms with Crippen molar-refractivity contribution in [3.63, 3.8) is 0 Å². The highest BCUT2D eigenvalue weighted by molar-refractivity contribution is 9.10. The highest BCUT2D eigenvalue weighted by Crippen LogP contribution is 2.29. The number of benzene rings is 1. The molecular formula is C12H7BrFN3O. The van der Waals surface area contributed by atoms with Crippen molar-refractivity contribution in [1.29, 1.82) is 0 Å². The number of aromatic amines is 1. The van der Waals surface area contributed by atoms with Crippen LogP contribution in [0.1, 0.15) is 0 Å². The summed E-state index contributed by atoms with van der Waals surface area (Å²) in [7, 11) is 0. The van der Waals surface area contributed by atoms with E-state index in [1.54, 1.807) is 18.2 Å². The van der Waals surface area contributed by atoms with Crippen molar-refractivity contribution in [1.82, 2.24) is 15.0 Å². The standard InChI is InChI=1S/C12H7BrFN3O/c13-10-5-15-12(18)11(17-10)9-4-6-7(14)2-1-3-8(6)16-9/h1-5,16H,(H,15,18). The summed E-state index contributed by atoms with van der Waals surface area (Å²) in [4.78, 5) is 10.9. The fourth-order valence-electron chi connectivity index (χ4n) is 1.79. The minimum atomic E-state index is -0.322. The van der Waals surface area contributed by atoms with Gasteiger partial charge in [-0.1, -0.05) is 6.07 Å². The topological polar surface area (TPSA) is 61.8 Å². The van der Waals surface area contributed by atoms with E-state index < -0.39 is 0 Å². The Kier molecular flexibility index (Phi) is 2.52. The van der Waals surface area contributed by atoms with E-state index in [9.17, 15) is 9.50 Å². The lowest BCUT2D eigenvalue weighted by molar-refractivity contribution is 0.452. The van der Waals surface area contributed by atoms with Gasteiger partial charge in [-0.25, -0.2) is 14.4 Å². The Morgan fingerprint density at radius 2 is 2.17 bits per heavy atom. The van der Waals surface area contributed by atoms with E-state index in [4.69, 9.17) is 0 Å². The maximum Gasteiger partial charge on any atom is 0.239 e. The average Bonchev–Trinajstić information content (AvgIpc) is 2.77. The molecule has 0 aliphatic rings. The number of rotatable bonds is 1. The lowest BCUT2D eigenvalue weighted by Crippen LogP contribution is -1.88. The number of halogens is 2. The normalized spacial score (nSPS) is 11.0. The Bertz CT molecular complexity index is 741. The van der Waals surface area contributed by atoms with Crippen LogP contribution in [0.25, 0.3) is 22.3 Å². The summed E-state index contributed by atoms with van der Waals surface area (Å²) in [5.41, 5.74) is 1.44. The van der Waals surface area contributed by atoms with Gasteiger partial charge in [-0.05, 0) is 34.1 Å². The largest absolute Gasteiger partial charge is 0.492 e. The zero-order chi connectivity index (χ0) is 12.7. The Morgan fingerprint density at radius 1 is 1.33 bits per heavy atom. The predicted octanol–water partition coefficient (Wildman–Crippen LogP) is 3.23. The van der Waals surface area contributed by atoms with Crippen LogP contribution in [-0.2, 0) is 0 Å². The SMILES string of the molecule is Oc1ncc(Br)nc1-c1cc2c(F)cccc2[nH]1. The van der Waals surface area contributed by atoms with Gasteiger partial charge in [0.05, 0.1) is 11.9 Å². The summed E-state index contributed by atoms with van der Waals surface area (Å²) in [6.45, 7) is 0. The van der Waals surface area contributed by atoms with Crippen LogP contribution in [0.5, 0.6) is 5.88 Å². The molecule has 90 valence electrons. The molecule has 0 bridgehead atoms. The number of hydrogen-bond donors (Lipinski definition) is 2. The van der Waals surface area contributed by atoms with Gasteiger partial charge in [-0.15, -0.1) is 0 Å². The number of H-pyrrole nitrogens is 1. The molecule has 2 aromatic heterocycles. The number of aromatic nitrogens is 3. The van der Waals surface area contributed by atoms with E-state index >= 15 is 0 Å². The third-order valence-electron chi connectivity index (χ3n) is 2.59. The number of fused-ring (bicyclic) bond motifs is 1. The van der Waals surface area contributed by atoms with Crippen molar-refractivity contribution in [2.24, 2.45) is 0 Å². The smallest absolute Gasteiger partial charge is 0.239 e. The van der Waals surface area contributed by atoms with Crippen molar-refractivity contribution >= 4 is 26.8 Å². The minimum Gasteiger partial charge on any atom is -0.492 e. The molecule has 3 rings (SSSR count). The second kappa shape index (κ2) is 4.06. The van der Waals surface area contributed by atoms with Crippen molar-refractivity contribution in [2.45, 2.75) is 0 Å². The van der Waals surface area contributed by atoms with Crippen LogP contribution >= 0.6 is 15.9 Å². The predicted molar refractivity (Wildman–Crippen MR) is 68.6 cm³/mol. The van der Waals surface area contributed by atoms with Gasteiger partial charge in [0, 0.05) is 10.9 Å². The van der Waals surface area contributed by atoms with Crippen LogP contribution in [0.2, 0.25) is 0 Å².